The maximum Gasteiger partial charge on any atom is 0.233 e. The SMILES string of the molecule is O=C(CCCc1ccccc1)n1cnc2cccnc21.O=C(CCCc1ccccc1)n1cnc2ncccc21. The first kappa shape index (κ1) is 26.6. The van der Waals surface area contributed by atoms with Gasteiger partial charge in [-0.1, -0.05) is 60.7 Å². The number of carbonyl (C=O) groups excluding carboxylic acids is 2. The van der Waals surface area contributed by atoms with Crippen LogP contribution in [0.3, 0.4) is 0 Å². The van der Waals surface area contributed by atoms with Crippen molar-refractivity contribution in [3.63, 3.8) is 0 Å². The highest BCUT2D eigenvalue weighted by atomic mass is 16.2. The van der Waals surface area contributed by atoms with Crippen LogP contribution in [0.25, 0.3) is 22.3 Å². The van der Waals surface area contributed by atoms with E-state index in [2.05, 4.69) is 44.2 Å². The van der Waals surface area contributed by atoms with Gasteiger partial charge < -0.3 is 0 Å². The fourth-order valence-electron chi connectivity index (χ4n) is 4.50. The molecule has 8 heteroatoms. The molecule has 0 aliphatic heterocycles. The maximum atomic E-state index is 12.2. The molecule has 4 heterocycles. The highest BCUT2D eigenvalue weighted by Gasteiger charge is 2.11. The number of carbonyl (C=O) groups is 2. The first-order valence-corrected chi connectivity index (χ1v) is 13.4. The summed E-state index contributed by atoms with van der Waals surface area (Å²) in [6, 6.07) is 27.8. The van der Waals surface area contributed by atoms with Crippen molar-refractivity contribution in [2.75, 3.05) is 0 Å². The van der Waals surface area contributed by atoms with Crippen molar-refractivity contribution in [1.82, 2.24) is 29.1 Å². The van der Waals surface area contributed by atoms with Gasteiger partial charge in [0.15, 0.2) is 11.3 Å². The number of pyridine rings is 2. The molecule has 0 amide bonds. The molecule has 0 atom stereocenters. The smallest absolute Gasteiger partial charge is 0.233 e. The monoisotopic (exact) mass is 530 g/mol. The van der Waals surface area contributed by atoms with Crippen molar-refractivity contribution in [3.05, 3.63) is 121 Å². The van der Waals surface area contributed by atoms with Crippen LogP contribution in [0.1, 0.15) is 46.4 Å². The lowest BCUT2D eigenvalue weighted by Gasteiger charge is -2.03. The van der Waals surface area contributed by atoms with Crippen LogP contribution < -0.4 is 0 Å². The van der Waals surface area contributed by atoms with E-state index >= 15 is 0 Å². The number of nitrogens with zero attached hydrogens (tertiary/aromatic N) is 6. The van der Waals surface area contributed by atoms with Crippen molar-refractivity contribution in [1.29, 1.82) is 0 Å². The van der Waals surface area contributed by atoms with Gasteiger partial charge in [-0.25, -0.2) is 19.9 Å². The molecule has 0 aliphatic rings. The van der Waals surface area contributed by atoms with Gasteiger partial charge in [-0.15, -0.1) is 0 Å². The molecule has 200 valence electrons. The largest absolute Gasteiger partial charge is 0.274 e. The van der Waals surface area contributed by atoms with E-state index < -0.39 is 0 Å². The second kappa shape index (κ2) is 13.2. The summed E-state index contributed by atoms with van der Waals surface area (Å²) in [5.41, 5.74) is 5.30. The minimum atomic E-state index is 0.0436. The van der Waals surface area contributed by atoms with Crippen LogP contribution in [0.15, 0.2) is 110 Å². The van der Waals surface area contributed by atoms with E-state index in [0.717, 1.165) is 36.7 Å². The zero-order chi connectivity index (χ0) is 27.6. The van der Waals surface area contributed by atoms with Crippen molar-refractivity contribution in [2.24, 2.45) is 0 Å². The Kier molecular flexibility index (Phi) is 8.78. The van der Waals surface area contributed by atoms with Gasteiger partial charge in [0.1, 0.15) is 18.2 Å². The molecular formula is C32H30N6O2. The summed E-state index contributed by atoms with van der Waals surface area (Å²) in [5, 5.41) is 0. The summed E-state index contributed by atoms with van der Waals surface area (Å²) < 4.78 is 3.13. The number of aryl methyl sites for hydroxylation is 2. The van der Waals surface area contributed by atoms with Crippen molar-refractivity contribution < 1.29 is 9.59 Å². The molecule has 0 unspecified atom stereocenters. The Hall–Kier alpha value is -4.98. The summed E-state index contributed by atoms with van der Waals surface area (Å²) in [7, 11) is 0. The van der Waals surface area contributed by atoms with E-state index in [4.69, 9.17) is 0 Å². The number of fused-ring (bicyclic) bond motifs is 2. The molecule has 0 bridgehead atoms. The topological polar surface area (TPSA) is 95.6 Å². The molecule has 0 fully saturated rings. The minimum Gasteiger partial charge on any atom is -0.274 e. The highest BCUT2D eigenvalue weighted by Crippen LogP contribution is 2.13. The second-order valence-corrected chi connectivity index (χ2v) is 9.39. The summed E-state index contributed by atoms with van der Waals surface area (Å²) in [6.07, 6.45) is 11.0. The predicted molar refractivity (Wildman–Crippen MR) is 155 cm³/mol. The fourth-order valence-corrected chi connectivity index (χ4v) is 4.50. The van der Waals surface area contributed by atoms with Gasteiger partial charge >= 0.3 is 0 Å². The van der Waals surface area contributed by atoms with Gasteiger partial charge in [0.25, 0.3) is 0 Å². The minimum absolute atomic E-state index is 0.0436. The van der Waals surface area contributed by atoms with Crippen molar-refractivity contribution in [3.8, 4) is 0 Å². The summed E-state index contributed by atoms with van der Waals surface area (Å²) in [6.45, 7) is 0. The molecule has 40 heavy (non-hydrogen) atoms. The van der Waals surface area contributed by atoms with Crippen molar-refractivity contribution >= 4 is 34.1 Å². The Morgan fingerprint density at radius 2 is 1.15 bits per heavy atom. The third-order valence-corrected chi connectivity index (χ3v) is 6.56. The van der Waals surface area contributed by atoms with E-state index in [0.29, 0.717) is 24.1 Å². The quantitative estimate of drug-likeness (QED) is 0.233. The molecule has 8 nitrogen and oxygen atoms in total. The van der Waals surface area contributed by atoms with Crippen LogP contribution in [0.2, 0.25) is 0 Å². The Balaban J connectivity index is 0.000000161. The van der Waals surface area contributed by atoms with E-state index in [9.17, 15) is 9.59 Å². The number of rotatable bonds is 8. The van der Waals surface area contributed by atoms with E-state index in [1.807, 2.05) is 60.7 Å². The molecule has 0 N–H and O–H groups in total. The number of hydrogen-bond acceptors (Lipinski definition) is 6. The van der Waals surface area contributed by atoms with Gasteiger partial charge in [0, 0.05) is 25.2 Å². The maximum absolute atomic E-state index is 12.2. The number of hydrogen-bond donors (Lipinski definition) is 0. The first-order chi connectivity index (χ1) is 19.7. The first-order valence-electron chi connectivity index (χ1n) is 13.4. The molecule has 0 aliphatic carbocycles. The zero-order valence-corrected chi connectivity index (χ0v) is 22.1. The molecule has 0 radical (unpaired) electrons. The van der Waals surface area contributed by atoms with Crippen molar-refractivity contribution in [2.45, 2.75) is 38.5 Å². The molecule has 6 aromatic rings. The molecule has 6 rings (SSSR count). The fraction of sp³-hybridized carbons (Fsp3) is 0.188. The van der Waals surface area contributed by atoms with Crippen LogP contribution in [-0.2, 0) is 12.8 Å². The van der Waals surface area contributed by atoms with Crippen LogP contribution in [0.4, 0.5) is 0 Å². The van der Waals surface area contributed by atoms with Gasteiger partial charge in [-0.05, 0) is 61.1 Å². The van der Waals surface area contributed by atoms with Gasteiger partial charge in [-0.2, -0.15) is 0 Å². The zero-order valence-electron chi connectivity index (χ0n) is 22.1. The lowest BCUT2D eigenvalue weighted by Crippen LogP contribution is -2.10. The third-order valence-electron chi connectivity index (χ3n) is 6.56. The second-order valence-electron chi connectivity index (χ2n) is 9.39. The summed E-state index contributed by atoms with van der Waals surface area (Å²) in [5.74, 6) is 0.110. The average molecular weight is 531 g/mol. The summed E-state index contributed by atoms with van der Waals surface area (Å²) in [4.78, 5) is 41.1. The lowest BCUT2D eigenvalue weighted by atomic mass is 10.1. The molecular weight excluding hydrogens is 500 g/mol. The molecule has 0 spiro atoms. The normalized spacial score (nSPS) is 10.8. The van der Waals surface area contributed by atoms with Crippen LogP contribution in [0, 0.1) is 0 Å². The van der Waals surface area contributed by atoms with Gasteiger partial charge in [0.05, 0.1) is 5.52 Å². The molecule has 2 aromatic carbocycles. The number of aromatic nitrogens is 6. The molecule has 0 saturated carbocycles. The third kappa shape index (κ3) is 6.71. The molecule has 0 saturated heterocycles. The Morgan fingerprint density at radius 3 is 1.82 bits per heavy atom. The van der Waals surface area contributed by atoms with Gasteiger partial charge in [-0.3, -0.25) is 18.7 Å². The number of imidazole rings is 2. The standard InChI is InChI=1S/2C16H15N3O/c20-15(10-4-8-13-6-2-1-3-7-13)19-12-18-16-14(19)9-5-11-17-16;20-15(10-4-8-13-6-2-1-3-7-13)19-12-18-14-9-5-11-17-16(14)19/h2*1-3,5-7,9,11-12H,4,8,10H2. The Morgan fingerprint density at radius 1 is 0.575 bits per heavy atom. The van der Waals surface area contributed by atoms with Crippen LogP contribution in [0.5, 0.6) is 0 Å². The van der Waals surface area contributed by atoms with Gasteiger partial charge in [0.2, 0.25) is 11.8 Å². The van der Waals surface area contributed by atoms with E-state index in [1.165, 1.54) is 11.1 Å². The molecule has 4 aromatic heterocycles. The van der Waals surface area contributed by atoms with Crippen LogP contribution in [-0.4, -0.2) is 40.9 Å². The Labute approximate surface area is 232 Å². The summed E-state index contributed by atoms with van der Waals surface area (Å²) >= 11 is 0. The van der Waals surface area contributed by atoms with E-state index in [-0.39, 0.29) is 11.8 Å². The lowest BCUT2D eigenvalue weighted by molar-refractivity contribution is 0.0896. The Bertz CT molecular complexity index is 1560. The van der Waals surface area contributed by atoms with E-state index in [1.54, 1.807) is 34.2 Å². The average Bonchev–Trinajstić information content (AvgIpc) is 3.64. The highest BCUT2D eigenvalue weighted by molar-refractivity contribution is 5.89. The van der Waals surface area contributed by atoms with Crippen LogP contribution >= 0.6 is 0 Å². The number of benzene rings is 2. The predicted octanol–water partition coefficient (Wildman–Crippen LogP) is 6.19.